The van der Waals surface area contributed by atoms with Gasteiger partial charge in [0.05, 0.1) is 11.5 Å². The summed E-state index contributed by atoms with van der Waals surface area (Å²) in [7, 11) is -1.98. The number of halogens is 1. The first-order valence-corrected chi connectivity index (χ1v) is 9.07. The summed E-state index contributed by atoms with van der Waals surface area (Å²) in [5.41, 5.74) is 1.00. The molecule has 9 heteroatoms. The van der Waals surface area contributed by atoms with Crippen molar-refractivity contribution in [3.8, 4) is 0 Å². The second kappa shape index (κ2) is 11.6. The molecule has 0 heterocycles. The Labute approximate surface area is 161 Å². The van der Waals surface area contributed by atoms with Crippen molar-refractivity contribution in [1.82, 2.24) is 10.6 Å². The zero-order valence-corrected chi connectivity index (χ0v) is 17.4. The zero-order valence-electron chi connectivity index (χ0n) is 14.3. The number of primary sulfonamides is 1. The lowest BCUT2D eigenvalue weighted by Crippen LogP contribution is -2.44. The van der Waals surface area contributed by atoms with Crippen molar-refractivity contribution in [2.75, 3.05) is 26.8 Å². The van der Waals surface area contributed by atoms with Crippen LogP contribution in [0.1, 0.15) is 19.4 Å². The highest BCUT2D eigenvalue weighted by Gasteiger charge is 2.07. The molecule has 0 saturated carbocycles. The molecule has 1 rings (SSSR count). The summed E-state index contributed by atoms with van der Waals surface area (Å²) >= 11 is 0. The first-order chi connectivity index (χ1) is 10.9. The van der Waals surface area contributed by atoms with Gasteiger partial charge >= 0.3 is 0 Å². The number of methoxy groups -OCH3 is 1. The van der Waals surface area contributed by atoms with Gasteiger partial charge in [0.25, 0.3) is 0 Å². The molecule has 1 atom stereocenters. The molecule has 7 nitrogen and oxygen atoms in total. The number of nitrogens with one attached hydrogen (secondary N) is 2. The highest BCUT2D eigenvalue weighted by Crippen LogP contribution is 2.09. The van der Waals surface area contributed by atoms with Crippen molar-refractivity contribution in [3.63, 3.8) is 0 Å². The molecule has 0 amide bonds. The third-order valence-electron chi connectivity index (χ3n) is 3.07. The molecular formula is C15H27IN4O3S. The number of ether oxygens (including phenoxy) is 1. The summed E-state index contributed by atoms with van der Waals surface area (Å²) in [6, 6.07) is 6.69. The van der Waals surface area contributed by atoms with Gasteiger partial charge < -0.3 is 15.4 Å². The molecule has 1 aromatic rings. The first kappa shape index (κ1) is 23.1. The van der Waals surface area contributed by atoms with E-state index in [0.717, 1.165) is 18.1 Å². The largest absolute Gasteiger partial charge is 0.383 e. The first-order valence-electron chi connectivity index (χ1n) is 7.52. The Morgan fingerprint density at radius 2 is 1.96 bits per heavy atom. The van der Waals surface area contributed by atoms with Crippen molar-refractivity contribution >= 4 is 40.0 Å². The van der Waals surface area contributed by atoms with Crippen LogP contribution in [0, 0.1) is 0 Å². The highest BCUT2D eigenvalue weighted by atomic mass is 127. The van der Waals surface area contributed by atoms with Gasteiger partial charge in [0, 0.05) is 26.2 Å². The second-order valence-electron chi connectivity index (χ2n) is 5.20. The van der Waals surface area contributed by atoms with Crippen LogP contribution in [0.25, 0.3) is 0 Å². The predicted octanol–water partition coefficient (Wildman–Crippen LogP) is 1.08. The molecule has 1 aromatic carbocycles. The van der Waals surface area contributed by atoms with Gasteiger partial charge in [-0.1, -0.05) is 12.1 Å². The molecule has 0 bridgehead atoms. The quantitative estimate of drug-likeness (QED) is 0.300. The molecule has 24 heavy (non-hydrogen) atoms. The SMILES string of the molecule is CCNC(=NCCc1ccc(S(N)(=O)=O)cc1)NC(C)COC.I. The van der Waals surface area contributed by atoms with Crippen LogP contribution in [-0.4, -0.2) is 47.2 Å². The van der Waals surface area contributed by atoms with Crippen LogP contribution in [0.4, 0.5) is 0 Å². The van der Waals surface area contributed by atoms with Crippen molar-refractivity contribution < 1.29 is 13.2 Å². The van der Waals surface area contributed by atoms with Crippen LogP contribution in [0.5, 0.6) is 0 Å². The Morgan fingerprint density at radius 1 is 1.33 bits per heavy atom. The minimum Gasteiger partial charge on any atom is -0.383 e. The number of benzene rings is 1. The zero-order chi connectivity index (χ0) is 17.3. The monoisotopic (exact) mass is 470 g/mol. The summed E-state index contributed by atoms with van der Waals surface area (Å²) in [4.78, 5) is 4.62. The fourth-order valence-corrected chi connectivity index (χ4v) is 2.50. The number of hydrogen-bond acceptors (Lipinski definition) is 4. The standard InChI is InChI=1S/C15H26N4O3S.HI/c1-4-17-15(19-12(2)11-22-3)18-10-9-13-5-7-14(8-6-13)23(16,20)21;/h5-8,12H,4,9-11H2,1-3H3,(H2,16,20,21)(H2,17,18,19);1H. The molecule has 138 valence electrons. The molecule has 0 spiro atoms. The van der Waals surface area contributed by atoms with E-state index in [4.69, 9.17) is 9.88 Å². The van der Waals surface area contributed by atoms with Crippen LogP contribution in [-0.2, 0) is 21.2 Å². The number of guanidine groups is 1. The van der Waals surface area contributed by atoms with Gasteiger partial charge in [0.2, 0.25) is 10.0 Å². The van der Waals surface area contributed by atoms with E-state index in [1.165, 1.54) is 12.1 Å². The summed E-state index contributed by atoms with van der Waals surface area (Å²) in [5, 5.41) is 11.5. The van der Waals surface area contributed by atoms with E-state index in [9.17, 15) is 8.42 Å². The van der Waals surface area contributed by atoms with Crippen LogP contribution in [0.2, 0.25) is 0 Å². The van der Waals surface area contributed by atoms with E-state index in [2.05, 4.69) is 15.6 Å². The third-order valence-corrected chi connectivity index (χ3v) is 4.00. The maximum atomic E-state index is 11.2. The third kappa shape index (κ3) is 8.81. The molecule has 0 aliphatic rings. The predicted molar refractivity (Wildman–Crippen MR) is 107 cm³/mol. The van der Waals surface area contributed by atoms with E-state index in [-0.39, 0.29) is 34.9 Å². The summed E-state index contributed by atoms with van der Waals surface area (Å²) in [5.74, 6) is 0.734. The number of rotatable bonds is 8. The molecule has 0 saturated heterocycles. The number of nitrogens with zero attached hydrogens (tertiary/aromatic N) is 1. The Morgan fingerprint density at radius 3 is 2.46 bits per heavy atom. The second-order valence-corrected chi connectivity index (χ2v) is 6.76. The van der Waals surface area contributed by atoms with E-state index >= 15 is 0 Å². The van der Waals surface area contributed by atoms with Gasteiger partial charge in [0.1, 0.15) is 0 Å². The molecular weight excluding hydrogens is 443 g/mol. The van der Waals surface area contributed by atoms with Crippen molar-refractivity contribution in [3.05, 3.63) is 29.8 Å². The molecule has 0 radical (unpaired) electrons. The number of sulfonamides is 1. The molecule has 0 fully saturated rings. The smallest absolute Gasteiger partial charge is 0.238 e. The lowest BCUT2D eigenvalue weighted by atomic mass is 10.1. The number of aliphatic imine (C=N–C) groups is 1. The van der Waals surface area contributed by atoms with Gasteiger partial charge in [-0.25, -0.2) is 13.6 Å². The van der Waals surface area contributed by atoms with E-state index < -0.39 is 10.0 Å². The van der Waals surface area contributed by atoms with E-state index in [1.807, 2.05) is 13.8 Å². The minimum atomic E-state index is -3.64. The average Bonchev–Trinajstić information content (AvgIpc) is 2.47. The van der Waals surface area contributed by atoms with Crippen molar-refractivity contribution in [2.45, 2.75) is 31.2 Å². The average molecular weight is 470 g/mol. The van der Waals surface area contributed by atoms with Crippen LogP contribution < -0.4 is 15.8 Å². The van der Waals surface area contributed by atoms with Crippen LogP contribution in [0.3, 0.4) is 0 Å². The molecule has 4 N–H and O–H groups in total. The Balaban J connectivity index is 0.00000529. The molecule has 0 aliphatic heterocycles. The van der Waals surface area contributed by atoms with Crippen LogP contribution in [0.15, 0.2) is 34.2 Å². The fourth-order valence-electron chi connectivity index (χ4n) is 1.99. The molecule has 0 aromatic heterocycles. The molecule has 1 unspecified atom stereocenters. The maximum absolute atomic E-state index is 11.2. The maximum Gasteiger partial charge on any atom is 0.238 e. The van der Waals surface area contributed by atoms with Crippen molar-refractivity contribution in [2.24, 2.45) is 10.1 Å². The normalized spacial score (nSPS) is 13.1. The highest BCUT2D eigenvalue weighted by molar-refractivity contribution is 14.0. The minimum absolute atomic E-state index is 0. The summed E-state index contributed by atoms with van der Waals surface area (Å²) in [6.45, 7) is 5.98. The lowest BCUT2D eigenvalue weighted by molar-refractivity contribution is 0.179. The van der Waals surface area contributed by atoms with Gasteiger partial charge in [-0.05, 0) is 38.0 Å². The van der Waals surface area contributed by atoms with Crippen LogP contribution >= 0.6 is 24.0 Å². The topological polar surface area (TPSA) is 106 Å². The molecule has 0 aliphatic carbocycles. The fraction of sp³-hybridized carbons (Fsp3) is 0.533. The Bertz CT molecular complexity index is 606. The van der Waals surface area contributed by atoms with Gasteiger partial charge in [-0.2, -0.15) is 0 Å². The number of nitrogens with two attached hydrogens (primary N) is 1. The van der Waals surface area contributed by atoms with E-state index in [1.54, 1.807) is 19.2 Å². The summed E-state index contributed by atoms with van der Waals surface area (Å²) < 4.78 is 27.5. The Kier molecular flexibility index (Phi) is 11.2. The van der Waals surface area contributed by atoms with E-state index in [0.29, 0.717) is 19.6 Å². The van der Waals surface area contributed by atoms with Gasteiger partial charge in [-0.3, -0.25) is 4.99 Å². The van der Waals surface area contributed by atoms with Gasteiger partial charge in [0.15, 0.2) is 5.96 Å². The van der Waals surface area contributed by atoms with Gasteiger partial charge in [-0.15, -0.1) is 24.0 Å². The number of hydrogen-bond donors (Lipinski definition) is 3. The lowest BCUT2D eigenvalue weighted by Gasteiger charge is -2.16. The van der Waals surface area contributed by atoms with Crippen molar-refractivity contribution in [1.29, 1.82) is 0 Å². The summed E-state index contributed by atoms with van der Waals surface area (Å²) in [6.07, 6.45) is 0.708. The Hall–Kier alpha value is -0.910.